The van der Waals surface area contributed by atoms with Gasteiger partial charge in [-0.2, -0.15) is 0 Å². The molecule has 0 aliphatic rings. The molecule has 2 rings (SSSR count). The summed E-state index contributed by atoms with van der Waals surface area (Å²) < 4.78 is 12.4. The molecule has 0 spiro atoms. The van der Waals surface area contributed by atoms with Crippen molar-refractivity contribution in [3.05, 3.63) is 57.0 Å². The predicted octanol–water partition coefficient (Wildman–Crippen LogP) is 5.19. The van der Waals surface area contributed by atoms with Gasteiger partial charge in [-0.3, -0.25) is 0 Å². The molecule has 0 heterocycles. The van der Waals surface area contributed by atoms with Crippen molar-refractivity contribution >= 4 is 27.5 Å². The zero-order valence-corrected chi connectivity index (χ0v) is 15.7. The molecule has 0 amide bonds. The van der Waals surface area contributed by atoms with Crippen LogP contribution in [0.2, 0.25) is 5.02 Å². The summed E-state index contributed by atoms with van der Waals surface area (Å²) in [6.07, 6.45) is 1.10. The van der Waals surface area contributed by atoms with E-state index in [-0.39, 0.29) is 0 Å². The normalized spacial score (nSPS) is 10.6. The molecule has 0 radical (unpaired) electrons. The Bertz CT molecular complexity index is 649. The molecule has 1 N–H and O–H groups in total. The molecule has 0 saturated carbocycles. The topological polar surface area (TPSA) is 30.5 Å². The van der Waals surface area contributed by atoms with Gasteiger partial charge in [-0.25, -0.2) is 0 Å². The lowest BCUT2D eigenvalue weighted by Gasteiger charge is -2.15. The predicted molar refractivity (Wildman–Crippen MR) is 98.5 cm³/mol. The standard InChI is InChI=1S/C18H21BrClNO2/c1-3-8-21-11-14-9-17(22-2)18(10-15(14)19)23-12-13-6-4-5-7-16(13)20/h4-7,9-10,21H,3,8,11-12H2,1-2H3. The van der Waals surface area contributed by atoms with E-state index in [1.807, 2.05) is 36.4 Å². The largest absolute Gasteiger partial charge is 0.493 e. The fraction of sp³-hybridized carbons (Fsp3) is 0.333. The summed E-state index contributed by atoms with van der Waals surface area (Å²) in [6, 6.07) is 11.6. The van der Waals surface area contributed by atoms with Gasteiger partial charge in [0.15, 0.2) is 11.5 Å². The highest BCUT2D eigenvalue weighted by Gasteiger charge is 2.11. The number of benzene rings is 2. The van der Waals surface area contributed by atoms with Gasteiger partial charge < -0.3 is 14.8 Å². The number of rotatable bonds is 8. The summed E-state index contributed by atoms with van der Waals surface area (Å²) in [5.74, 6) is 1.41. The van der Waals surface area contributed by atoms with E-state index in [0.717, 1.165) is 35.1 Å². The van der Waals surface area contributed by atoms with Gasteiger partial charge in [-0.1, -0.05) is 52.7 Å². The monoisotopic (exact) mass is 397 g/mol. The Morgan fingerprint density at radius 2 is 1.91 bits per heavy atom. The minimum atomic E-state index is 0.399. The highest BCUT2D eigenvalue weighted by atomic mass is 79.9. The van der Waals surface area contributed by atoms with Gasteiger partial charge >= 0.3 is 0 Å². The van der Waals surface area contributed by atoms with Gasteiger partial charge in [0.05, 0.1) is 7.11 Å². The van der Waals surface area contributed by atoms with Crippen molar-refractivity contribution in [3.8, 4) is 11.5 Å². The molecule has 0 saturated heterocycles. The van der Waals surface area contributed by atoms with Crippen molar-refractivity contribution in [2.45, 2.75) is 26.5 Å². The zero-order valence-electron chi connectivity index (χ0n) is 13.4. The molecule has 0 aromatic heterocycles. The molecule has 0 fully saturated rings. The molecular formula is C18H21BrClNO2. The maximum atomic E-state index is 6.16. The van der Waals surface area contributed by atoms with E-state index in [9.17, 15) is 0 Å². The maximum Gasteiger partial charge on any atom is 0.162 e. The Morgan fingerprint density at radius 3 is 2.61 bits per heavy atom. The van der Waals surface area contributed by atoms with Crippen LogP contribution in [0, 0.1) is 0 Å². The maximum absolute atomic E-state index is 6.16. The summed E-state index contributed by atoms with van der Waals surface area (Å²) in [6.45, 7) is 4.32. The molecular weight excluding hydrogens is 378 g/mol. The lowest BCUT2D eigenvalue weighted by molar-refractivity contribution is 0.284. The molecule has 23 heavy (non-hydrogen) atoms. The number of hydrogen-bond acceptors (Lipinski definition) is 3. The molecule has 3 nitrogen and oxygen atoms in total. The number of hydrogen-bond donors (Lipinski definition) is 1. The van der Waals surface area contributed by atoms with Gasteiger partial charge in [0.2, 0.25) is 0 Å². The summed E-state index contributed by atoms with van der Waals surface area (Å²) in [5, 5.41) is 4.08. The van der Waals surface area contributed by atoms with E-state index in [2.05, 4.69) is 28.2 Å². The first kappa shape index (κ1) is 18.1. The summed E-state index contributed by atoms with van der Waals surface area (Å²) in [5.41, 5.74) is 2.08. The van der Waals surface area contributed by atoms with Gasteiger partial charge in [0.25, 0.3) is 0 Å². The van der Waals surface area contributed by atoms with Crippen LogP contribution in [0.25, 0.3) is 0 Å². The fourth-order valence-electron chi connectivity index (χ4n) is 2.16. The Kier molecular flexibility index (Phi) is 7.21. The smallest absolute Gasteiger partial charge is 0.162 e. The average Bonchev–Trinajstić information content (AvgIpc) is 2.56. The van der Waals surface area contributed by atoms with E-state index in [1.165, 1.54) is 0 Å². The Morgan fingerprint density at radius 1 is 1.13 bits per heavy atom. The van der Waals surface area contributed by atoms with Crippen molar-refractivity contribution in [1.82, 2.24) is 5.32 Å². The lowest BCUT2D eigenvalue weighted by Crippen LogP contribution is -2.14. The van der Waals surface area contributed by atoms with Crippen molar-refractivity contribution in [3.63, 3.8) is 0 Å². The van der Waals surface area contributed by atoms with Gasteiger partial charge in [0.1, 0.15) is 6.61 Å². The first-order valence-electron chi connectivity index (χ1n) is 7.59. The third-order valence-corrected chi connectivity index (χ3v) is 4.52. The quantitative estimate of drug-likeness (QED) is 0.621. The van der Waals surface area contributed by atoms with E-state index >= 15 is 0 Å². The Labute approximate surface area is 151 Å². The second-order valence-corrected chi connectivity index (χ2v) is 6.41. The number of halogens is 2. The van der Waals surface area contributed by atoms with Crippen LogP contribution >= 0.6 is 27.5 Å². The van der Waals surface area contributed by atoms with Crippen LogP contribution in [0.4, 0.5) is 0 Å². The minimum Gasteiger partial charge on any atom is -0.493 e. The van der Waals surface area contributed by atoms with Crippen LogP contribution in [0.3, 0.4) is 0 Å². The van der Waals surface area contributed by atoms with E-state index < -0.39 is 0 Å². The van der Waals surface area contributed by atoms with Crippen molar-refractivity contribution in [2.24, 2.45) is 0 Å². The minimum absolute atomic E-state index is 0.399. The Balaban J connectivity index is 2.12. The van der Waals surface area contributed by atoms with Crippen LogP contribution in [0.1, 0.15) is 24.5 Å². The summed E-state index contributed by atoms with van der Waals surface area (Å²) in [4.78, 5) is 0. The number of nitrogens with one attached hydrogen (secondary N) is 1. The zero-order chi connectivity index (χ0) is 16.7. The van der Waals surface area contributed by atoms with Crippen LogP contribution in [0.5, 0.6) is 11.5 Å². The van der Waals surface area contributed by atoms with Crippen LogP contribution < -0.4 is 14.8 Å². The molecule has 124 valence electrons. The molecule has 2 aromatic carbocycles. The van der Waals surface area contributed by atoms with Gasteiger partial charge in [0, 0.05) is 21.6 Å². The number of ether oxygens (including phenoxy) is 2. The molecule has 2 aromatic rings. The highest BCUT2D eigenvalue weighted by molar-refractivity contribution is 9.10. The molecule has 0 atom stereocenters. The van der Waals surface area contributed by atoms with Crippen molar-refractivity contribution < 1.29 is 9.47 Å². The number of methoxy groups -OCH3 is 1. The van der Waals surface area contributed by atoms with Crippen molar-refractivity contribution in [2.75, 3.05) is 13.7 Å². The third-order valence-electron chi connectivity index (χ3n) is 3.42. The van der Waals surface area contributed by atoms with Gasteiger partial charge in [-0.15, -0.1) is 0 Å². The third kappa shape index (κ3) is 5.13. The Hall–Kier alpha value is -1.23. The average molecular weight is 399 g/mol. The van der Waals surface area contributed by atoms with E-state index in [1.54, 1.807) is 7.11 Å². The van der Waals surface area contributed by atoms with E-state index in [4.69, 9.17) is 21.1 Å². The fourth-order valence-corrected chi connectivity index (χ4v) is 2.81. The molecule has 5 heteroatoms. The highest BCUT2D eigenvalue weighted by Crippen LogP contribution is 2.34. The van der Waals surface area contributed by atoms with Crippen molar-refractivity contribution in [1.29, 1.82) is 0 Å². The SMILES string of the molecule is CCCNCc1cc(OC)c(OCc2ccccc2Cl)cc1Br. The second-order valence-electron chi connectivity index (χ2n) is 5.15. The molecule has 0 aliphatic heterocycles. The first-order valence-corrected chi connectivity index (χ1v) is 8.76. The summed E-state index contributed by atoms with van der Waals surface area (Å²) in [7, 11) is 1.65. The van der Waals surface area contributed by atoms with Gasteiger partial charge in [-0.05, 0) is 36.7 Å². The molecule has 0 aliphatic carbocycles. The molecule has 0 unspecified atom stereocenters. The lowest BCUT2D eigenvalue weighted by atomic mass is 10.2. The van der Waals surface area contributed by atoms with Crippen LogP contribution in [-0.4, -0.2) is 13.7 Å². The van der Waals surface area contributed by atoms with Crippen LogP contribution in [0.15, 0.2) is 40.9 Å². The van der Waals surface area contributed by atoms with E-state index in [0.29, 0.717) is 23.1 Å². The first-order chi connectivity index (χ1) is 11.2. The second kappa shape index (κ2) is 9.16. The molecule has 0 bridgehead atoms. The summed E-state index contributed by atoms with van der Waals surface area (Å²) >= 11 is 9.76. The van der Waals surface area contributed by atoms with Crippen LogP contribution in [-0.2, 0) is 13.2 Å².